The summed E-state index contributed by atoms with van der Waals surface area (Å²) in [6.07, 6.45) is 5.78. The zero-order chi connectivity index (χ0) is 28.2. The van der Waals surface area contributed by atoms with Gasteiger partial charge in [0.2, 0.25) is 0 Å². The molecular formula is C31H27Cl2N3O4. The summed E-state index contributed by atoms with van der Waals surface area (Å²) in [5.74, 6) is -1.09. The summed E-state index contributed by atoms with van der Waals surface area (Å²) in [5.41, 5.74) is 3.16. The van der Waals surface area contributed by atoms with Crippen LogP contribution in [0.3, 0.4) is 0 Å². The Hall–Kier alpha value is -4.07. The van der Waals surface area contributed by atoms with Gasteiger partial charge >= 0.3 is 0 Å². The van der Waals surface area contributed by atoms with E-state index in [0.29, 0.717) is 46.5 Å². The fraction of sp³-hybridized carbons (Fsp3) is 0.194. The first-order chi connectivity index (χ1) is 19.3. The molecule has 7 nitrogen and oxygen atoms in total. The molecule has 1 N–H and O–H groups in total. The normalized spacial score (nSPS) is 16.5. The van der Waals surface area contributed by atoms with Gasteiger partial charge in [0.15, 0.2) is 0 Å². The van der Waals surface area contributed by atoms with Crippen molar-refractivity contribution >= 4 is 40.7 Å². The van der Waals surface area contributed by atoms with Gasteiger partial charge < -0.3 is 19.3 Å². The number of carbonyl (C=O) groups is 2. The summed E-state index contributed by atoms with van der Waals surface area (Å²) in [6, 6.07) is 19.0. The lowest BCUT2D eigenvalue weighted by atomic mass is 9.95. The number of aromatic nitrogens is 2. The number of Topliss-reactive ketones (excluding diaryl/α,β-unsaturated/α-hetero) is 1. The molecule has 1 aliphatic rings. The van der Waals surface area contributed by atoms with E-state index in [1.54, 1.807) is 55.0 Å². The zero-order valence-electron chi connectivity index (χ0n) is 21.8. The molecule has 0 radical (unpaired) electrons. The van der Waals surface area contributed by atoms with Crippen molar-refractivity contribution in [2.45, 2.75) is 32.5 Å². The third-order valence-electron chi connectivity index (χ3n) is 6.79. The Kier molecular flexibility index (Phi) is 8.24. The number of hydrogen-bond acceptors (Lipinski definition) is 5. The van der Waals surface area contributed by atoms with E-state index in [2.05, 4.69) is 11.1 Å². The fourth-order valence-corrected chi connectivity index (χ4v) is 5.12. The monoisotopic (exact) mass is 575 g/mol. The predicted octanol–water partition coefficient (Wildman–Crippen LogP) is 6.59. The number of aliphatic hydroxyl groups excluding tert-OH is 1. The second kappa shape index (κ2) is 12.0. The van der Waals surface area contributed by atoms with Crippen LogP contribution < -0.4 is 4.74 Å². The number of hydrogen-bond donors (Lipinski definition) is 1. The number of nitrogens with zero attached hydrogens (tertiary/aromatic N) is 3. The highest BCUT2D eigenvalue weighted by atomic mass is 35.5. The molecule has 1 aliphatic heterocycles. The number of halogens is 2. The summed E-state index contributed by atoms with van der Waals surface area (Å²) in [4.78, 5) is 32.0. The van der Waals surface area contributed by atoms with E-state index < -0.39 is 17.7 Å². The molecule has 4 aromatic rings. The summed E-state index contributed by atoms with van der Waals surface area (Å²) >= 11 is 12.4. The molecule has 3 aromatic carbocycles. The van der Waals surface area contributed by atoms with Gasteiger partial charge in [-0.05, 0) is 60.9 Å². The highest BCUT2D eigenvalue weighted by Gasteiger charge is 2.45. The van der Waals surface area contributed by atoms with Gasteiger partial charge in [-0.2, -0.15) is 0 Å². The molecule has 1 fully saturated rings. The lowest BCUT2D eigenvalue weighted by Crippen LogP contribution is -2.31. The van der Waals surface area contributed by atoms with Crippen LogP contribution in [0.4, 0.5) is 0 Å². The smallest absolute Gasteiger partial charge is 0.295 e. The lowest BCUT2D eigenvalue weighted by Gasteiger charge is -2.25. The third-order valence-corrected chi connectivity index (χ3v) is 7.53. The molecular weight excluding hydrogens is 549 g/mol. The minimum absolute atomic E-state index is 0.000510. The van der Waals surface area contributed by atoms with E-state index in [-0.39, 0.29) is 17.9 Å². The standard InChI is InChI=1S/C31H27Cl2N3O4/c1-20-4-2-5-21(16-20)18-40-24-9-6-22(7-10-24)29(37)27-28(23-8-11-25(32)26(33)17-23)36(31(39)30(27)38)14-3-13-35-15-12-34-19-35/h2,4-12,15-17,19,28,37H,3,13-14,18H2,1H3/b29-27+. The number of benzene rings is 3. The van der Waals surface area contributed by atoms with Crippen LogP contribution in [0, 0.1) is 6.92 Å². The van der Waals surface area contributed by atoms with E-state index in [1.807, 2.05) is 35.9 Å². The van der Waals surface area contributed by atoms with E-state index >= 15 is 0 Å². The largest absolute Gasteiger partial charge is 0.507 e. The Morgan fingerprint density at radius 2 is 1.80 bits per heavy atom. The van der Waals surface area contributed by atoms with Crippen LogP contribution in [-0.4, -0.2) is 37.8 Å². The molecule has 1 saturated heterocycles. The molecule has 1 unspecified atom stereocenters. The second-order valence-electron chi connectivity index (χ2n) is 9.62. The van der Waals surface area contributed by atoms with Gasteiger partial charge in [0.1, 0.15) is 18.1 Å². The number of ketones is 1. The fourth-order valence-electron chi connectivity index (χ4n) is 4.82. The van der Waals surface area contributed by atoms with E-state index in [0.717, 1.165) is 11.1 Å². The van der Waals surface area contributed by atoms with Gasteiger partial charge in [0.05, 0.1) is 28.0 Å². The summed E-state index contributed by atoms with van der Waals surface area (Å²) < 4.78 is 7.79. The van der Waals surface area contributed by atoms with Gasteiger partial charge in [-0.25, -0.2) is 4.98 Å². The Morgan fingerprint density at radius 3 is 2.50 bits per heavy atom. The molecule has 5 rings (SSSR count). The molecule has 2 heterocycles. The van der Waals surface area contributed by atoms with Crippen LogP contribution in [0.15, 0.2) is 91.0 Å². The average molecular weight is 576 g/mol. The highest BCUT2D eigenvalue weighted by Crippen LogP contribution is 2.41. The van der Waals surface area contributed by atoms with Crippen LogP contribution in [0.5, 0.6) is 5.75 Å². The third kappa shape index (κ3) is 5.91. The SMILES string of the molecule is Cc1cccc(COc2ccc(/C(O)=C3\C(=O)C(=O)N(CCCn4ccnc4)C3c3ccc(Cl)c(Cl)c3)cc2)c1. The van der Waals surface area contributed by atoms with Crippen molar-refractivity contribution in [2.24, 2.45) is 0 Å². The van der Waals surface area contributed by atoms with Crippen molar-refractivity contribution in [3.63, 3.8) is 0 Å². The van der Waals surface area contributed by atoms with E-state index in [9.17, 15) is 14.7 Å². The minimum atomic E-state index is -0.824. The minimum Gasteiger partial charge on any atom is -0.507 e. The average Bonchev–Trinajstić information content (AvgIpc) is 3.56. The Bertz CT molecular complexity index is 1570. The maximum absolute atomic E-state index is 13.3. The van der Waals surface area contributed by atoms with Crippen molar-refractivity contribution in [1.29, 1.82) is 0 Å². The number of imidazole rings is 1. The summed E-state index contributed by atoms with van der Waals surface area (Å²) in [5, 5.41) is 12.0. The summed E-state index contributed by atoms with van der Waals surface area (Å²) in [7, 11) is 0. The number of rotatable bonds is 9. The first-order valence-electron chi connectivity index (χ1n) is 12.8. The molecule has 1 atom stereocenters. The van der Waals surface area contributed by atoms with Crippen molar-refractivity contribution < 1.29 is 19.4 Å². The van der Waals surface area contributed by atoms with Gasteiger partial charge in [0, 0.05) is 31.0 Å². The van der Waals surface area contributed by atoms with Gasteiger partial charge in [-0.1, -0.05) is 59.1 Å². The molecule has 9 heteroatoms. The predicted molar refractivity (Wildman–Crippen MR) is 154 cm³/mol. The number of aryl methyl sites for hydroxylation is 2. The highest BCUT2D eigenvalue weighted by molar-refractivity contribution is 6.46. The zero-order valence-corrected chi connectivity index (χ0v) is 23.3. The number of ether oxygens (including phenoxy) is 1. The van der Waals surface area contributed by atoms with E-state index in [4.69, 9.17) is 27.9 Å². The Labute approximate surface area is 242 Å². The molecule has 1 amide bonds. The first kappa shape index (κ1) is 27.5. The molecule has 0 bridgehead atoms. The lowest BCUT2D eigenvalue weighted by molar-refractivity contribution is -0.139. The topological polar surface area (TPSA) is 84.7 Å². The Morgan fingerprint density at radius 1 is 1.00 bits per heavy atom. The quantitative estimate of drug-likeness (QED) is 0.138. The second-order valence-corrected chi connectivity index (χ2v) is 10.4. The molecule has 40 heavy (non-hydrogen) atoms. The van der Waals surface area contributed by atoms with Crippen LogP contribution in [0.1, 0.15) is 34.7 Å². The van der Waals surface area contributed by atoms with Crippen LogP contribution in [0.2, 0.25) is 10.0 Å². The van der Waals surface area contributed by atoms with Gasteiger partial charge in [-0.3, -0.25) is 9.59 Å². The van der Waals surface area contributed by atoms with Gasteiger partial charge in [-0.15, -0.1) is 0 Å². The number of aliphatic hydroxyl groups is 1. The molecule has 0 aliphatic carbocycles. The molecule has 0 spiro atoms. The maximum atomic E-state index is 13.3. The maximum Gasteiger partial charge on any atom is 0.295 e. The Balaban J connectivity index is 1.43. The molecule has 0 saturated carbocycles. The first-order valence-corrected chi connectivity index (χ1v) is 13.6. The van der Waals surface area contributed by atoms with Crippen LogP contribution >= 0.6 is 23.2 Å². The van der Waals surface area contributed by atoms with Crippen molar-refractivity contribution in [3.05, 3.63) is 123 Å². The molecule has 204 valence electrons. The number of carbonyl (C=O) groups excluding carboxylic acids is 2. The van der Waals surface area contributed by atoms with Crippen molar-refractivity contribution in [1.82, 2.24) is 14.5 Å². The summed E-state index contributed by atoms with van der Waals surface area (Å²) in [6.45, 7) is 3.32. The number of amides is 1. The van der Waals surface area contributed by atoms with Crippen molar-refractivity contribution in [2.75, 3.05) is 6.54 Å². The van der Waals surface area contributed by atoms with Crippen LogP contribution in [-0.2, 0) is 22.7 Å². The molecule has 1 aromatic heterocycles. The number of likely N-dealkylation sites (tertiary alicyclic amines) is 1. The van der Waals surface area contributed by atoms with Crippen molar-refractivity contribution in [3.8, 4) is 5.75 Å². The van der Waals surface area contributed by atoms with Gasteiger partial charge in [0.25, 0.3) is 11.7 Å². The van der Waals surface area contributed by atoms with Crippen LogP contribution in [0.25, 0.3) is 5.76 Å². The van der Waals surface area contributed by atoms with E-state index in [1.165, 1.54) is 4.90 Å².